The van der Waals surface area contributed by atoms with E-state index in [-0.39, 0.29) is 5.78 Å². The Morgan fingerprint density at radius 2 is 1.94 bits per heavy atom. The van der Waals surface area contributed by atoms with Gasteiger partial charge in [0.1, 0.15) is 5.78 Å². The number of aryl methyl sites for hydroxylation is 2. The average molecular weight is 234 g/mol. The summed E-state index contributed by atoms with van der Waals surface area (Å²) in [5.41, 5.74) is 3.62. The molecule has 94 valence electrons. The molecule has 0 aliphatic rings. The molecule has 0 saturated carbocycles. The lowest BCUT2D eigenvalue weighted by Crippen LogP contribution is -2.07. The van der Waals surface area contributed by atoms with Gasteiger partial charge in [0.2, 0.25) is 0 Å². The molecular formula is C15H22O2. The molecule has 1 aromatic carbocycles. The molecule has 0 aliphatic heterocycles. The Morgan fingerprint density at radius 1 is 1.18 bits per heavy atom. The van der Waals surface area contributed by atoms with Crippen molar-refractivity contribution in [2.75, 3.05) is 13.2 Å². The Bertz CT molecular complexity index is 369. The first-order chi connectivity index (χ1) is 8.13. The van der Waals surface area contributed by atoms with Crippen molar-refractivity contribution < 1.29 is 9.53 Å². The van der Waals surface area contributed by atoms with E-state index in [1.807, 2.05) is 6.07 Å². The third-order valence-corrected chi connectivity index (χ3v) is 2.85. The van der Waals surface area contributed by atoms with E-state index in [1.54, 1.807) is 0 Å². The number of carbonyl (C=O) groups is 1. The number of rotatable bonds is 7. The summed E-state index contributed by atoms with van der Waals surface area (Å²) in [6, 6.07) is 6.21. The summed E-state index contributed by atoms with van der Waals surface area (Å²) >= 11 is 0. The molecular weight excluding hydrogens is 212 g/mol. The van der Waals surface area contributed by atoms with Gasteiger partial charge in [-0.1, -0.05) is 25.1 Å². The molecule has 0 radical (unpaired) electrons. The normalized spacial score (nSPS) is 10.5. The highest BCUT2D eigenvalue weighted by molar-refractivity contribution is 5.81. The topological polar surface area (TPSA) is 26.3 Å². The summed E-state index contributed by atoms with van der Waals surface area (Å²) < 4.78 is 5.31. The summed E-state index contributed by atoms with van der Waals surface area (Å²) in [6.07, 6.45) is 2.05. The third kappa shape index (κ3) is 5.14. The fourth-order valence-corrected chi connectivity index (χ4v) is 1.66. The van der Waals surface area contributed by atoms with Crippen molar-refractivity contribution in [3.05, 3.63) is 34.9 Å². The van der Waals surface area contributed by atoms with Crippen molar-refractivity contribution in [2.24, 2.45) is 0 Å². The van der Waals surface area contributed by atoms with Crippen molar-refractivity contribution in [2.45, 2.75) is 40.0 Å². The van der Waals surface area contributed by atoms with Crippen LogP contribution < -0.4 is 0 Å². The summed E-state index contributed by atoms with van der Waals surface area (Å²) in [5, 5.41) is 0. The van der Waals surface area contributed by atoms with Gasteiger partial charge < -0.3 is 4.74 Å². The third-order valence-electron chi connectivity index (χ3n) is 2.85. The number of hydrogen-bond acceptors (Lipinski definition) is 2. The van der Waals surface area contributed by atoms with Gasteiger partial charge in [-0.25, -0.2) is 0 Å². The standard InChI is InChI=1S/C15H22O2/c1-4-8-17-9-7-15(16)11-14-6-5-12(2)13(3)10-14/h5-6,10H,4,7-9,11H2,1-3H3. The van der Waals surface area contributed by atoms with Crippen LogP contribution in [0.25, 0.3) is 0 Å². The molecule has 0 unspecified atom stereocenters. The van der Waals surface area contributed by atoms with Crippen LogP contribution in [-0.4, -0.2) is 19.0 Å². The molecule has 0 bridgehead atoms. The molecule has 0 aromatic heterocycles. The van der Waals surface area contributed by atoms with E-state index in [1.165, 1.54) is 11.1 Å². The van der Waals surface area contributed by atoms with Crippen molar-refractivity contribution in [3.8, 4) is 0 Å². The summed E-state index contributed by atoms with van der Waals surface area (Å²) in [4.78, 5) is 11.7. The second-order valence-corrected chi connectivity index (χ2v) is 4.50. The van der Waals surface area contributed by atoms with Gasteiger partial charge in [0, 0.05) is 19.4 Å². The SMILES string of the molecule is CCCOCCC(=O)Cc1ccc(C)c(C)c1. The van der Waals surface area contributed by atoms with E-state index >= 15 is 0 Å². The minimum absolute atomic E-state index is 0.254. The Morgan fingerprint density at radius 3 is 2.59 bits per heavy atom. The predicted molar refractivity (Wildman–Crippen MR) is 70.4 cm³/mol. The lowest BCUT2D eigenvalue weighted by molar-refractivity contribution is -0.119. The fourth-order valence-electron chi connectivity index (χ4n) is 1.66. The monoisotopic (exact) mass is 234 g/mol. The van der Waals surface area contributed by atoms with Gasteiger partial charge >= 0.3 is 0 Å². The second kappa shape index (κ2) is 7.23. The van der Waals surface area contributed by atoms with E-state index in [0.717, 1.165) is 18.6 Å². The number of carbonyl (C=O) groups excluding carboxylic acids is 1. The van der Waals surface area contributed by atoms with Crippen LogP contribution in [0.3, 0.4) is 0 Å². The Labute approximate surface area is 104 Å². The molecule has 1 rings (SSSR count). The highest BCUT2D eigenvalue weighted by Gasteiger charge is 2.04. The first-order valence-corrected chi connectivity index (χ1v) is 6.29. The smallest absolute Gasteiger partial charge is 0.139 e. The van der Waals surface area contributed by atoms with Crippen molar-refractivity contribution in [3.63, 3.8) is 0 Å². The van der Waals surface area contributed by atoms with Crippen molar-refractivity contribution in [1.29, 1.82) is 0 Å². The van der Waals surface area contributed by atoms with E-state index in [0.29, 0.717) is 19.4 Å². The summed E-state index contributed by atoms with van der Waals surface area (Å²) in [7, 11) is 0. The van der Waals surface area contributed by atoms with Crippen LogP contribution in [0, 0.1) is 13.8 Å². The lowest BCUT2D eigenvalue weighted by Gasteiger charge is -2.05. The van der Waals surface area contributed by atoms with Crippen LogP contribution >= 0.6 is 0 Å². The lowest BCUT2D eigenvalue weighted by atomic mass is 10.0. The maximum Gasteiger partial charge on any atom is 0.139 e. The Balaban J connectivity index is 2.37. The Kier molecular flexibility index (Phi) is 5.92. The van der Waals surface area contributed by atoms with Gasteiger partial charge in [-0.05, 0) is 37.0 Å². The maximum atomic E-state index is 11.7. The summed E-state index contributed by atoms with van der Waals surface area (Å²) in [6.45, 7) is 7.53. The minimum atomic E-state index is 0.254. The van der Waals surface area contributed by atoms with Crippen LogP contribution in [0.4, 0.5) is 0 Å². The number of ketones is 1. The second-order valence-electron chi connectivity index (χ2n) is 4.50. The van der Waals surface area contributed by atoms with Crippen LogP contribution in [0.5, 0.6) is 0 Å². The van der Waals surface area contributed by atoms with Crippen LogP contribution in [-0.2, 0) is 16.0 Å². The average Bonchev–Trinajstić information content (AvgIpc) is 2.30. The van der Waals surface area contributed by atoms with Gasteiger partial charge in [0.25, 0.3) is 0 Å². The molecule has 17 heavy (non-hydrogen) atoms. The highest BCUT2D eigenvalue weighted by Crippen LogP contribution is 2.11. The van der Waals surface area contributed by atoms with E-state index in [2.05, 4.69) is 32.9 Å². The summed E-state index contributed by atoms with van der Waals surface area (Å²) in [5.74, 6) is 0.254. The van der Waals surface area contributed by atoms with E-state index < -0.39 is 0 Å². The molecule has 0 saturated heterocycles. The number of benzene rings is 1. The zero-order valence-corrected chi connectivity index (χ0v) is 11.1. The van der Waals surface area contributed by atoms with Gasteiger partial charge in [-0.15, -0.1) is 0 Å². The zero-order valence-electron chi connectivity index (χ0n) is 11.1. The highest BCUT2D eigenvalue weighted by atomic mass is 16.5. The van der Waals surface area contributed by atoms with Crippen molar-refractivity contribution >= 4 is 5.78 Å². The molecule has 0 heterocycles. The molecule has 0 fully saturated rings. The van der Waals surface area contributed by atoms with Gasteiger partial charge in [-0.3, -0.25) is 4.79 Å². The van der Waals surface area contributed by atoms with Crippen LogP contribution in [0.1, 0.15) is 36.5 Å². The van der Waals surface area contributed by atoms with Gasteiger partial charge in [0.05, 0.1) is 6.61 Å². The number of hydrogen-bond donors (Lipinski definition) is 0. The van der Waals surface area contributed by atoms with Gasteiger partial charge in [-0.2, -0.15) is 0 Å². The van der Waals surface area contributed by atoms with Gasteiger partial charge in [0.15, 0.2) is 0 Å². The minimum Gasteiger partial charge on any atom is -0.381 e. The molecule has 0 amide bonds. The molecule has 1 aromatic rings. The zero-order chi connectivity index (χ0) is 12.7. The largest absolute Gasteiger partial charge is 0.381 e. The molecule has 0 atom stereocenters. The fraction of sp³-hybridized carbons (Fsp3) is 0.533. The molecule has 0 aliphatic carbocycles. The van der Waals surface area contributed by atoms with E-state index in [9.17, 15) is 4.79 Å². The molecule has 0 N–H and O–H groups in total. The van der Waals surface area contributed by atoms with E-state index in [4.69, 9.17) is 4.74 Å². The number of Topliss-reactive ketones (excluding diaryl/α,β-unsaturated/α-hetero) is 1. The van der Waals surface area contributed by atoms with Crippen molar-refractivity contribution in [1.82, 2.24) is 0 Å². The number of ether oxygens (including phenoxy) is 1. The van der Waals surface area contributed by atoms with Crippen LogP contribution in [0.15, 0.2) is 18.2 Å². The maximum absolute atomic E-state index is 11.7. The van der Waals surface area contributed by atoms with Crippen LogP contribution in [0.2, 0.25) is 0 Å². The Hall–Kier alpha value is -1.15. The first kappa shape index (κ1) is 13.9. The quantitative estimate of drug-likeness (QED) is 0.677. The predicted octanol–water partition coefficient (Wildman–Crippen LogP) is 3.23. The molecule has 2 nitrogen and oxygen atoms in total. The molecule has 2 heteroatoms. The first-order valence-electron chi connectivity index (χ1n) is 6.29. The molecule has 0 spiro atoms.